The van der Waals surface area contributed by atoms with E-state index in [1.54, 1.807) is 11.9 Å². The van der Waals surface area contributed by atoms with E-state index < -0.39 is 0 Å². The van der Waals surface area contributed by atoms with Crippen molar-refractivity contribution in [2.75, 3.05) is 18.6 Å². The van der Waals surface area contributed by atoms with Crippen molar-refractivity contribution in [2.45, 2.75) is 26.8 Å². The lowest BCUT2D eigenvalue weighted by atomic mass is 10.1. The molecule has 154 valence electrons. The highest BCUT2D eigenvalue weighted by Gasteiger charge is 2.22. The zero-order chi connectivity index (χ0) is 21.1. The topological polar surface area (TPSA) is 51.8 Å². The van der Waals surface area contributed by atoms with Crippen LogP contribution in [0.3, 0.4) is 0 Å². The van der Waals surface area contributed by atoms with Gasteiger partial charge in [0.25, 0.3) is 5.91 Å². The summed E-state index contributed by atoms with van der Waals surface area (Å²) in [6.07, 6.45) is 6.66. The standard InChI is InChI=1S/C24H26N4O2/c1-4-20-23(26(3)24(29)19-11-9-18(2)10-12-19)28-15-7-8-21(22(28)25-20)30-17-16-27-13-5-6-14-27/h5-15H,4,16-17H2,1-3H3. The number of aryl methyl sites for hydroxylation is 2. The minimum atomic E-state index is -0.0644. The molecule has 3 aromatic heterocycles. The molecule has 6 heteroatoms. The Morgan fingerprint density at radius 1 is 1.07 bits per heavy atom. The van der Waals surface area contributed by atoms with E-state index in [-0.39, 0.29) is 5.91 Å². The van der Waals surface area contributed by atoms with Crippen LogP contribution in [-0.4, -0.2) is 33.5 Å². The summed E-state index contributed by atoms with van der Waals surface area (Å²) in [7, 11) is 1.80. The summed E-state index contributed by atoms with van der Waals surface area (Å²) < 4.78 is 10.0. The van der Waals surface area contributed by atoms with Crippen LogP contribution in [0.25, 0.3) is 5.65 Å². The average molecular weight is 402 g/mol. The number of carbonyl (C=O) groups excluding carboxylic acids is 1. The third-order valence-electron chi connectivity index (χ3n) is 5.19. The summed E-state index contributed by atoms with van der Waals surface area (Å²) in [5.41, 5.74) is 3.36. The van der Waals surface area contributed by atoms with Gasteiger partial charge in [-0.05, 0) is 49.7 Å². The van der Waals surface area contributed by atoms with E-state index in [1.807, 2.05) is 85.4 Å². The molecule has 0 N–H and O–H groups in total. The molecule has 6 nitrogen and oxygen atoms in total. The molecule has 1 aromatic carbocycles. The minimum Gasteiger partial charge on any atom is -0.488 e. The molecule has 4 aromatic rings. The molecule has 0 saturated heterocycles. The number of amides is 1. The average Bonchev–Trinajstić information content (AvgIpc) is 3.41. The number of hydrogen-bond donors (Lipinski definition) is 0. The van der Waals surface area contributed by atoms with E-state index in [0.717, 1.165) is 29.3 Å². The molecule has 0 bridgehead atoms. The van der Waals surface area contributed by atoms with Crippen molar-refractivity contribution in [1.29, 1.82) is 0 Å². The Morgan fingerprint density at radius 3 is 2.50 bits per heavy atom. The fraction of sp³-hybridized carbons (Fsp3) is 0.250. The first kappa shape index (κ1) is 19.8. The van der Waals surface area contributed by atoms with Crippen molar-refractivity contribution in [3.63, 3.8) is 0 Å². The summed E-state index contributed by atoms with van der Waals surface area (Å²) >= 11 is 0. The summed E-state index contributed by atoms with van der Waals surface area (Å²) in [6.45, 7) is 5.35. The van der Waals surface area contributed by atoms with Crippen LogP contribution in [-0.2, 0) is 13.0 Å². The van der Waals surface area contributed by atoms with Gasteiger partial charge in [0.2, 0.25) is 0 Å². The van der Waals surface area contributed by atoms with Crippen LogP contribution in [0, 0.1) is 6.92 Å². The van der Waals surface area contributed by atoms with Gasteiger partial charge >= 0.3 is 0 Å². The number of ether oxygens (including phenoxy) is 1. The Balaban J connectivity index is 1.64. The van der Waals surface area contributed by atoms with Gasteiger partial charge in [0.1, 0.15) is 12.4 Å². The van der Waals surface area contributed by atoms with Crippen molar-refractivity contribution in [2.24, 2.45) is 0 Å². The van der Waals surface area contributed by atoms with E-state index in [9.17, 15) is 4.79 Å². The number of aromatic nitrogens is 3. The lowest BCUT2D eigenvalue weighted by Gasteiger charge is -2.18. The minimum absolute atomic E-state index is 0.0644. The highest BCUT2D eigenvalue weighted by molar-refractivity contribution is 6.05. The lowest BCUT2D eigenvalue weighted by molar-refractivity contribution is 0.0992. The van der Waals surface area contributed by atoms with E-state index in [4.69, 9.17) is 9.72 Å². The zero-order valence-corrected chi connectivity index (χ0v) is 17.6. The summed E-state index contributed by atoms with van der Waals surface area (Å²) in [4.78, 5) is 19.6. The third-order valence-corrected chi connectivity index (χ3v) is 5.19. The maximum atomic E-state index is 13.1. The van der Waals surface area contributed by atoms with Gasteiger partial charge in [-0.15, -0.1) is 0 Å². The van der Waals surface area contributed by atoms with Gasteiger partial charge in [0, 0.05) is 31.2 Å². The van der Waals surface area contributed by atoms with Gasteiger partial charge < -0.3 is 9.30 Å². The predicted octanol–water partition coefficient (Wildman–Crippen LogP) is 4.36. The fourth-order valence-electron chi connectivity index (χ4n) is 3.55. The first-order chi connectivity index (χ1) is 14.6. The molecule has 0 atom stereocenters. The first-order valence-corrected chi connectivity index (χ1v) is 10.2. The molecular weight excluding hydrogens is 376 g/mol. The van der Waals surface area contributed by atoms with Crippen molar-refractivity contribution >= 4 is 17.4 Å². The number of benzene rings is 1. The van der Waals surface area contributed by atoms with E-state index in [2.05, 4.69) is 4.57 Å². The lowest BCUT2D eigenvalue weighted by Crippen LogP contribution is -2.28. The molecule has 30 heavy (non-hydrogen) atoms. The first-order valence-electron chi connectivity index (χ1n) is 10.2. The molecule has 0 saturated carbocycles. The van der Waals surface area contributed by atoms with Crippen LogP contribution < -0.4 is 9.64 Å². The van der Waals surface area contributed by atoms with Crippen LogP contribution in [0.5, 0.6) is 5.75 Å². The molecule has 0 spiro atoms. The Labute approximate surface area is 176 Å². The highest BCUT2D eigenvalue weighted by Crippen LogP contribution is 2.29. The highest BCUT2D eigenvalue weighted by atomic mass is 16.5. The number of hydrogen-bond acceptors (Lipinski definition) is 3. The molecule has 0 radical (unpaired) electrons. The van der Waals surface area contributed by atoms with Crippen LogP contribution in [0.2, 0.25) is 0 Å². The molecule has 0 aliphatic heterocycles. The Morgan fingerprint density at radius 2 is 1.80 bits per heavy atom. The second-order valence-electron chi connectivity index (χ2n) is 7.30. The Hall–Kier alpha value is -3.54. The molecule has 4 rings (SSSR count). The van der Waals surface area contributed by atoms with Crippen LogP contribution in [0.4, 0.5) is 5.82 Å². The number of pyridine rings is 1. The smallest absolute Gasteiger partial charge is 0.259 e. The van der Waals surface area contributed by atoms with Gasteiger partial charge in [-0.1, -0.05) is 24.6 Å². The number of fused-ring (bicyclic) bond motifs is 1. The molecule has 0 aliphatic carbocycles. The quantitative estimate of drug-likeness (QED) is 0.461. The number of carbonyl (C=O) groups is 1. The zero-order valence-electron chi connectivity index (χ0n) is 17.6. The third kappa shape index (κ3) is 3.81. The maximum absolute atomic E-state index is 13.1. The summed E-state index contributed by atoms with van der Waals surface area (Å²) in [5, 5.41) is 0. The molecule has 0 aliphatic rings. The Bertz CT molecular complexity index is 1140. The molecule has 0 fully saturated rings. The Kier molecular flexibility index (Phi) is 5.57. The summed E-state index contributed by atoms with van der Waals surface area (Å²) in [5.74, 6) is 1.42. The maximum Gasteiger partial charge on any atom is 0.259 e. The van der Waals surface area contributed by atoms with E-state index >= 15 is 0 Å². The van der Waals surface area contributed by atoms with Gasteiger partial charge in [0.15, 0.2) is 11.4 Å². The molecule has 3 heterocycles. The van der Waals surface area contributed by atoms with Crippen molar-refractivity contribution in [3.05, 3.63) is 83.9 Å². The number of rotatable bonds is 7. The van der Waals surface area contributed by atoms with Crippen LogP contribution in [0.1, 0.15) is 28.5 Å². The van der Waals surface area contributed by atoms with Gasteiger partial charge in [-0.25, -0.2) is 4.98 Å². The second kappa shape index (κ2) is 8.45. The van der Waals surface area contributed by atoms with Gasteiger partial charge in [-0.2, -0.15) is 0 Å². The van der Waals surface area contributed by atoms with Gasteiger partial charge in [-0.3, -0.25) is 14.1 Å². The number of imidazole rings is 1. The predicted molar refractivity (Wildman–Crippen MR) is 118 cm³/mol. The molecule has 1 amide bonds. The fourth-order valence-corrected chi connectivity index (χ4v) is 3.55. The SMILES string of the molecule is CCc1nc2c(OCCn3cccc3)cccn2c1N(C)C(=O)c1ccc(C)cc1. The molecular formula is C24H26N4O2. The monoisotopic (exact) mass is 402 g/mol. The van der Waals surface area contributed by atoms with Crippen molar-refractivity contribution < 1.29 is 9.53 Å². The second-order valence-corrected chi connectivity index (χ2v) is 7.30. The largest absolute Gasteiger partial charge is 0.488 e. The normalized spacial score (nSPS) is 11.0. The van der Waals surface area contributed by atoms with Gasteiger partial charge in [0.05, 0.1) is 12.2 Å². The van der Waals surface area contributed by atoms with Crippen molar-refractivity contribution in [3.8, 4) is 5.75 Å². The number of anilines is 1. The molecule has 0 unspecified atom stereocenters. The van der Waals surface area contributed by atoms with E-state index in [1.165, 1.54) is 0 Å². The van der Waals surface area contributed by atoms with Crippen molar-refractivity contribution in [1.82, 2.24) is 14.0 Å². The van der Waals surface area contributed by atoms with Crippen LogP contribution in [0.15, 0.2) is 67.1 Å². The van der Waals surface area contributed by atoms with Crippen LogP contribution >= 0.6 is 0 Å². The van der Waals surface area contributed by atoms with E-state index in [0.29, 0.717) is 24.3 Å². The summed E-state index contributed by atoms with van der Waals surface area (Å²) in [6, 6.07) is 15.5. The number of nitrogens with zero attached hydrogens (tertiary/aromatic N) is 4.